The summed E-state index contributed by atoms with van der Waals surface area (Å²) in [7, 11) is 0. The van der Waals surface area contributed by atoms with Gasteiger partial charge in [-0.3, -0.25) is 0 Å². The molecule has 2 rings (SSSR count). The second kappa shape index (κ2) is 9.41. The predicted octanol–water partition coefficient (Wildman–Crippen LogP) is 3.62. The number of rotatable bonds is 9. The highest BCUT2D eigenvalue weighted by Crippen LogP contribution is 2.46. The Morgan fingerprint density at radius 1 is 1.33 bits per heavy atom. The molecule has 7 nitrogen and oxygen atoms in total. The lowest BCUT2D eigenvalue weighted by Gasteiger charge is -2.31. The molecule has 1 aliphatic rings. The largest absolute Gasteiger partial charge is 0.507 e. The van der Waals surface area contributed by atoms with Gasteiger partial charge < -0.3 is 20.2 Å². The molecule has 1 aliphatic carbocycles. The Morgan fingerprint density at radius 2 is 2.00 bits per heavy atom. The highest BCUT2D eigenvalue weighted by atomic mass is 16.9. The van der Waals surface area contributed by atoms with Crippen LogP contribution in [-0.4, -0.2) is 33.6 Å². The lowest BCUT2D eigenvalue weighted by Crippen LogP contribution is -2.18. The SMILES string of the molecule is C=C(C)[C@H]1CCC(CO)=CC1c1c(O)cc(CCCCO[N+](=O)[O-])cc1O. The molecule has 0 saturated carbocycles. The van der Waals surface area contributed by atoms with Crippen LogP contribution in [0, 0.1) is 16.0 Å². The van der Waals surface area contributed by atoms with Gasteiger partial charge in [0.15, 0.2) is 0 Å². The van der Waals surface area contributed by atoms with Gasteiger partial charge in [-0.1, -0.05) is 18.2 Å². The molecule has 0 fully saturated rings. The van der Waals surface area contributed by atoms with E-state index >= 15 is 0 Å². The van der Waals surface area contributed by atoms with Gasteiger partial charge in [0, 0.05) is 11.5 Å². The zero-order valence-electron chi connectivity index (χ0n) is 15.6. The van der Waals surface area contributed by atoms with Gasteiger partial charge in [0.2, 0.25) is 0 Å². The summed E-state index contributed by atoms with van der Waals surface area (Å²) in [6.45, 7) is 5.96. The average molecular weight is 377 g/mol. The molecule has 0 amide bonds. The predicted molar refractivity (Wildman–Crippen MR) is 101 cm³/mol. The van der Waals surface area contributed by atoms with E-state index in [0.29, 0.717) is 24.8 Å². The maximum absolute atomic E-state index is 10.6. The third kappa shape index (κ3) is 5.47. The van der Waals surface area contributed by atoms with Gasteiger partial charge in [-0.2, -0.15) is 0 Å². The minimum absolute atomic E-state index is 0.0123. The molecule has 0 saturated heterocycles. The number of unbranched alkanes of at least 4 members (excludes halogenated alkanes) is 1. The van der Waals surface area contributed by atoms with E-state index in [1.165, 1.54) is 0 Å². The van der Waals surface area contributed by atoms with Crippen molar-refractivity contribution in [2.24, 2.45) is 5.92 Å². The molecule has 0 aromatic heterocycles. The molecule has 1 aromatic rings. The van der Waals surface area contributed by atoms with Crippen LogP contribution in [0.25, 0.3) is 0 Å². The Hall–Kier alpha value is -2.54. The van der Waals surface area contributed by atoms with E-state index in [-0.39, 0.29) is 36.5 Å². The van der Waals surface area contributed by atoms with Crippen molar-refractivity contribution >= 4 is 0 Å². The third-order valence-corrected chi connectivity index (χ3v) is 5.05. The lowest BCUT2D eigenvalue weighted by atomic mass is 9.73. The average Bonchev–Trinajstić information content (AvgIpc) is 2.60. The molecule has 0 aliphatic heterocycles. The number of allylic oxidation sites excluding steroid dienone is 2. The molecule has 1 unspecified atom stereocenters. The minimum Gasteiger partial charge on any atom is -0.507 e. The van der Waals surface area contributed by atoms with Crippen LogP contribution < -0.4 is 0 Å². The second-order valence-corrected chi connectivity index (χ2v) is 7.06. The summed E-state index contributed by atoms with van der Waals surface area (Å²) < 4.78 is 0. The van der Waals surface area contributed by atoms with Crippen molar-refractivity contribution in [3.05, 3.63) is 57.2 Å². The van der Waals surface area contributed by atoms with Gasteiger partial charge in [-0.25, -0.2) is 0 Å². The highest BCUT2D eigenvalue weighted by Gasteiger charge is 2.30. The van der Waals surface area contributed by atoms with Crippen LogP contribution in [-0.2, 0) is 11.3 Å². The summed E-state index contributed by atoms with van der Waals surface area (Å²) in [5, 5.41) is 39.9. The van der Waals surface area contributed by atoms with Crippen LogP contribution in [0.5, 0.6) is 11.5 Å². The fraction of sp³-hybridized carbons (Fsp3) is 0.500. The summed E-state index contributed by atoms with van der Waals surface area (Å²) >= 11 is 0. The van der Waals surface area contributed by atoms with Crippen molar-refractivity contribution < 1.29 is 25.2 Å². The Morgan fingerprint density at radius 3 is 2.56 bits per heavy atom. The van der Waals surface area contributed by atoms with Crippen molar-refractivity contribution in [1.29, 1.82) is 0 Å². The quantitative estimate of drug-likeness (QED) is 0.262. The molecule has 27 heavy (non-hydrogen) atoms. The van der Waals surface area contributed by atoms with Crippen LogP contribution in [0.4, 0.5) is 0 Å². The van der Waals surface area contributed by atoms with Crippen LogP contribution in [0.15, 0.2) is 35.9 Å². The second-order valence-electron chi connectivity index (χ2n) is 7.06. The minimum atomic E-state index is -0.817. The Kier molecular flexibility index (Phi) is 7.24. The molecule has 0 spiro atoms. The van der Waals surface area contributed by atoms with Crippen molar-refractivity contribution in [2.45, 2.75) is 44.9 Å². The van der Waals surface area contributed by atoms with Gasteiger partial charge in [0.25, 0.3) is 5.09 Å². The van der Waals surface area contributed by atoms with Gasteiger partial charge in [0.1, 0.15) is 11.5 Å². The topological polar surface area (TPSA) is 113 Å². The fourth-order valence-electron chi connectivity index (χ4n) is 3.68. The Balaban J connectivity index is 2.17. The van der Waals surface area contributed by atoms with Crippen LogP contribution in [0.2, 0.25) is 0 Å². The van der Waals surface area contributed by atoms with Gasteiger partial charge >= 0.3 is 0 Å². The van der Waals surface area contributed by atoms with Crippen molar-refractivity contribution in [1.82, 2.24) is 0 Å². The molecule has 0 radical (unpaired) electrons. The zero-order valence-corrected chi connectivity index (χ0v) is 15.6. The van der Waals surface area contributed by atoms with E-state index < -0.39 is 5.09 Å². The summed E-state index contributed by atoms with van der Waals surface area (Å²) in [6, 6.07) is 3.25. The number of benzene rings is 1. The number of aryl methyl sites for hydroxylation is 1. The van der Waals surface area contributed by atoms with Gasteiger partial charge in [0.05, 0.1) is 13.2 Å². The molecule has 2 atom stereocenters. The first-order chi connectivity index (χ1) is 12.8. The summed E-state index contributed by atoms with van der Waals surface area (Å²) in [4.78, 5) is 14.4. The summed E-state index contributed by atoms with van der Waals surface area (Å²) in [6.07, 6.45) is 5.21. The van der Waals surface area contributed by atoms with E-state index in [1.807, 2.05) is 13.0 Å². The molecule has 0 bridgehead atoms. The fourth-order valence-corrected chi connectivity index (χ4v) is 3.68. The van der Waals surface area contributed by atoms with E-state index in [9.17, 15) is 25.4 Å². The van der Waals surface area contributed by atoms with Gasteiger partial charge in [-0.05, 0) is 68.2 Å². The first kappa shape index (κ1) is 20.8. The molecule has 3 N–H and O–H groups in total. The number of aliphatic hydroxyl groups is 1. The van der Waals surface area contributed by atoms with E-state index in [2.05, 4.69) is 11.4 Å². The number of phenolic OH excluding ortho intramolecular Hbond substituents is 2. The lowest BCUT2D eigenvalue weighted by molar-refractivity contribution is -0.757. The Labute approximate surface area is 158 Å². The summed E-state index contributed by atoms with van der Waals surface area (Å²) in [5.74, 6) is -0.125. The monoisotopic (exact) mass is 377 g/mol. The number of aliphatic hydroxyl groups excluding tert-OH is 1. The number of nitrogens with zero attached hydrogens (tertiary/aromatic N) is 1. The van der Waals surface area contributed by atoms with E-state index in [4.69, 9.17) is 0 Å². The first-order valence-corrected chi connectivity index (χ1v) is 9.11. The first-order valence-electron chi connectivity index (χ1n) is 9.11. The maximum atomic E-state index is 10.6. The van der Waals surface area contributed by atoms with Crippen LogP contribution in [0.1, 0.15) is 49.7 Å². The number of hydrogen-bond donors (Lipinski definition) is 3. The van der Waals surface area contributed by atoms with Crippen molar-refractivity contribution in [3.63, 3.8) is 0 Å². The number of phenols is 2. The highest BCUT2D eigenvalue weighted by molar-refractivity contribution is 5.52. The van der Waals surface area contributed by atoms with Crippen molar-refractivity contribution in [2.75, 3.05) is 13.2 Å². The molecular formula is C20H27NO6. The number of hydrogen-bond acceptors (Lipinski definition) is 6. The number of aromatic hydroxyl groups is 2. The summed E-state index contributed by atoms with van der Waals surface area (Å²) in [5.41, 5.74) is 3.08. The standard InChI is InChI=1S/C20H27NO6/c1-13(2)16-7-6-15(12-22)9-17(16)20-18(23)10-14(11-19(20)24)5-3-4-8-27-21(25)26/h9-11,16-17,22-24H,1,3-8,12H2,2H3/t16-,17?/m1/s1. The molecule has 1 aromatic carbocycles. The van der Waals surface area contributed by atoms with E-state index in [1.54, 1.807) is 12.1 Å². The Bertz CT molecular complexity index is 704. The molecule has 148 valence electrons. The third-order valence-electron chi connectivity index (χ3n) is 5.05. The van der Waals surface area contributed by atoms with Gasteiger partial charge in [-0.15, -0.1) is 10.1 Å². The molecule has 0 heterocycles. The normalized spacial score (nSPS) is 19.4. The molecular weight excluding hydrogens is 350 g/mol. The van der Waals surface area contributed by atoms with E-state index in [0.717, 1.165) is 29.6 Å². The smallest absolute Gasteiger partial charge is 0.294 e. The molecule has 7 heteroatoms. The van der Waals surface area contributed by atoms with Crippen molar-refractivity contribution in [3.8, 4) is 11.5 Å². The zero-order chi connectivity index (χ0) is 20.0. The van der Waals surface area contributed by atoms with Crippen LogP contribution >= 0.6 is 0 Å². The maximum Gasteiger partial charge on any atom is 0.294 e. The van der Waals surface area contributed by atoms with Crippen LogP contribution in [0.3, 0.4) is 0 Å².